The second-order valence-electron chi connectivity index (χ2n) is 18.1. The Bertz CT molecular complexity index is 1410. The van der Waals surface area contributed by atoms with Gasteiger partial charge in [0, 0.05) is 19.3 Å². The summed E-state index contributed by atoms with van der Waals surface area (Å²) in [6.45, 7) is 6.43. The normalized spacial score (nSPS) is 12.9. The molecular formula is C62H102O6. The van der Waals surface area contributed by atoms with Crippen molar-refractivity contribution in [2.75, 3.05) is 13.2 Å². The van der Waals surface area contributed by atoms with Crippen molar-refractivity contribution in [3.05, 3.63) is 109 Å². The van der Waals surface area contributed by atoms with Gasteiger partial charge in [-0.2, -0.15) is 0 Å². The van der Waals surface area contributed by atoms with Gasteiger partial charge in [0.25, 0.3) is 0 Å². The van der Waals surface area contributed by atoms with Crippen molar-refractivity contribution in [3.63, 3.8) is 0 Å². The third kappa shape index (κ3) is 53.0. The summed E-state index contributed by atoms with van der Waals surface area (Å²) in [4.78, 5) is 38.0. The van der Waals surface area contributed by atoms with E-state index in [0.717, 1.165) is 135 Å². The Labute approximate surface area is 419 Å². The van der Waals surface area contributed by atoms with Gasteiger partial charge in [0.15, 0.2) is 6.10 Å². The molecule has 0 aromatic heterocycles. The van der Waals surface area contributed by atoms with Crippen LogP contribution >= 0.6 is 0 Å². The average Bonchev–Trinajstić information content (AvgIpc) is 3.34. The molecule has 68 heavy (non-hydrogen) atoms. The Morgan fingerprint density at radius 3 is 0.926 bits per heavy atom. The molecule has 6 heteroatoms. The molecule has 0 radical (unpaired) electrons. The van der Waals surface area contributed by atoms with Crippen LogP contribution in [0.1, 0.15) is 245 Å². The highest BCUT2D eigenvalue weighted by Crippen LogP contribution is 2.14. The van der Waals surface area contributed by atoms with Crippen molar-refractivity contribution >= 4 is 17.9 Å². The van der Waals surface area contributed by atoms with Crippen LogP contribution in [0, 0.1) is 0 Å². The van der Waals surface area contributed by atoms with E-state index < -0.39 is 6.10 Å². The van der Waals surface area contributed by atoms with Crippen LogP contribution in [0.5, 0.6) is 0 Å². The zero-order chi connectivity index (χ0) is 49.3. The lowest BCUT2D eigenvalue weighted by Crippen LogP contribution is -2.30. The second kappa shape index (κ2) is 55.7. The smallest absolute Gasteiger partial charge is 0.306 e. The molecule has 0 fully saturated rings. The largest absolute Gasteiger partial charge is 0.462 e. The van der Waals surface area contributed by atoms with Crippen molar-refractivity contribution < 1.29 is 28.6 Å². The summed E-state index contributed by atoms with van der Waals surface area (Å²) in [6.07, 6.45) is 75.1. The van der Waals surface area contributed by atoms with Gasteiger partial charge < -0.3 is 14.2 Å². The molecule has 6 nitrogen and oxygen atoms in total. The molecule has 0 aromatic rings. The standard InChI is InChI=1S/C62H102O6/c1-4-7-10-13-16-19-21-23-25-27-29-30-31-32-34-35-37-39-41-43-46-49-52-55-61(64)67-58-59(57-66-60(63)54-51-48-45-18-15-12-9-6-3)68-62(65)56-53-50-47-44-42-40-38-36-33-28-26-24-22-20-17-14-11-8-5-2/h7,10,16-17,19-20,23-26,29-30,32-34,36-37,39,59H,4-6,8-9,11-15,18,21-22,27-28,31,35,38,40-58H2,1-3H3/b10-7-,19-16-,20-17-,25-23-,26-24-,30-29-,34-32-,36-33-,39-37-. The summed E-state index contributed by atoms with van der Waals surface area (Å²) in [6, 6.07) is 0. The Balaban J connectivity index is 4.36. The molecule has 1 unspecified atom stereocenters. The van der Waals surface area contributed by atoms with Crippen LogP contribution < -0.4 is 0 Å². The van der Waals surface area contributed by atoms with Gasteiger partial charge in [-0.15, -0.1) is 0 Å². The Morgan fingerprint density at radius 1 is 0.309 bits per heavy atom. The van der Waals surface area contributed by atoms with E-state index in [1.54, 1.807) is 0 Å². The summed E-state index contributed by atoms with van der Waals surface area (Å²) in [5.41, 5.74) is 0. The fraction of sp³-hybridized carbons (Fsp3) is 0.661. The Kier molecular flexibility index (Phi) is 52.4. The highest BCUT2D eigenvalue weighted by atomic mass is 16.6. The third-order valence-electron chi connectivity index (χ3n) is 11.5. The van der Waals surface area contributed by atoms with Crippen LogP contribution in [-0.4, -0.2) is 37.2 Å². The molecule has 0 aromatic carbocycles. The number of allylic oxidation sites excluding steroid dienone is 18. The topological polar surface area (TPSA) is 78.9 Å². The molecule has 0 aliphatic heterocycles. The fourth-order valence-corrected chi connectivity index (χ4v) is 7.33. The molecule has 0 spiro atoms. The van der Waals surface area contributed by atoms with Gasteiger partial charge in [0.05, 0.1) is 0 Å². The first-order valence-electron chi connectivity index (χ1n) is 27.9. The van der Waals surface area contributed by atoms with Crippen molar-refractivity contribution in [2.24, 2.45) is 0 Å². The lowest BCUT2D eigenvalue weighted by atomic mass is 10.1. The average molecular weight is 943 g/mol. The summed E-state index contributed by atoms with van der Waals surface area (Å²) >= 11 is 0. The van der Waals surface area contributed by atoms with E-state index in [9.17, 15) is 14.4 Å². The van der Waals surface area contributed by atoms with Crippen LogP contribution in [0.3, 0.4) is 0 Å². The first-order valence-corrected chi connectivity index (χ1v) is 27.9. The monoisotopic (exact) mass is 943 g/mol. The number of hydrogen-bond donors (Lipinski definition) is 0. The van der Waals surface area contributed by atoms with Crippen molar-refractivity contribution in [1.82, 2.24) is 0 Å². The number of carbonyl (C=O) groups is 3. The highest BCUT2D eigenvalue weighted by Gasteiger charge is 2.19. The molecule has 0 aliphatic carbocycles. The lowest BCUT2D eigenvalue weighted by molar-refractivity contribution is -0.167. The van der Waals surface area contributed by atoms with E-state index in [4.69, 9.17) is 14.2 Å². The number of carbonyl (C=O) groups excluding carboxylic acids is 3. The van der Waals surface area contributed by atoms with Crippen molar-refractivity contribution in [1.29, 1.82) is 0 Å². The summed E-state index contributed by atoms with van der Waals surface area (Å²) in [5, 5.41) is 0. The summed E-state index contributed by atoms with van der Waals surface area (Å²) < 4.78 is 16.8. The number of unbranched alkanes of at least 4 members (excludes halogenated alkanes) is 20. The quantitative estimate of drug-likeness (QED) is 0.0262. The zero-order valence-corrected chi connectivity index (χ0v) is 44.1. The number of rotatable bonds is 49. The summed E-state index contributed by atoms with van der Waals surface area (Å²) in [5.74, 6) is -0.938. The molecule has 0 rings (SSSR count). The van der Waals surface area contributed by atoms with Gasteiger partial charge in [-0.25, -0.2) is 0 Å². The van der Waals surface area contributed by atoms with E-state index in [1.807, 2.05) is 0 Å². The molecule has 0 N–H and O–H groups in total. The minimum Gasteiger partial charge on any atom is -0.462 e. The van der Waals surface area contributed by atoms with Crippen LogP contribution in [0.2, 0.25) is 0 Å². The lowest BCUT2D eigenvalue weighted by Gasteiger charge is -2.18. The maximum Gasteiger partial charge on any atom is 0.306 e. The first kappa shape index (κ1) is 64.1. The van der Waals surface area contributed by atoms with Gasteiger partial charge in [0.1, 0.15) is 13.2 Å². The second-order valence-corrected chi connectivity index (χ2v) is 18.1. The molecule has 0 saturated carbocycles. The highest BCUT2D eigenvalue weighted by molar-refractivity contribution is 5.71. The molecule has 0 heterocycles. The maximum atomic E-state index is 12.8. The van der Waals surface area contributed by atoms with Crippen LogP contribution in [0.15, 0.2) is 109 Å². The van der Waals surface area contributed by atoms with Crippen molar-refractivity contribution in [2.45, 2.75) is 252 Å². The van der Waals surface area contributed by atoms with E-state index >= 15 is 0 Å². The molecule has 386 valence electrons. The number of esters is 3. The minimum atomic E-state index is -0.795. The van der Waals surface area contributed by atoms with Gasteiger partial charge in [0.2, 0.25) is 0 Å². The van der Waals surface area contributed by atoms with Crippen LogP contribution in [0.25, 0.3) is 0 Å². The Morgan fingerprint density at radius 2 is 0.574 bits per heavy atom. The fourth-order valence-electron chi connectivity index (χ4n) is 7.33. The van der Waals surface area contributed by atoms with Crippen LogP contribution in [0.4, 0.5) is 0 Å². The predicted octanol–water partition coefficient (Wildman–Crippen LogP) is 18.7. The number of ether oxygens (including phenoxy) is 3. The predicted molar refractivity (Wildman–Crippen MR) is 293 cm³/mol. The molecule has 0 amide bonds. The van der Waals surface area contributed by atoms with Crippen molar-refractivity contribution in [3.8, 4) is 0 Å². The van der Waals surface area contributed by atoms with Gasteiger partial charge in [-0.05, 0) is 109 Å². The zero-order valence-electron chi connectivity index (χ0n) is 44.1. The molecule has 0 saturated heterocycles. The van der Waals surface area contributed by atoms with E-state index in [0.29, 0.717) is 19.3 Å². The SMILES string of the molecule is CC/C=C\C/C=C\C/C=C\C/C=C\C/C=C\C/C=C\CCCCCCC(=O)OCC(COC(=O)CCCCCCCCCC)OC(=O)CCCCCCCC/C=C\C/C=C\C/C=C\CCCCC. The number of hydrogen-bond acceptors (Lipinski definition) is 6. The molecule has 1 atom stereocenters. The molecule has 0 bridgehead atoms. The summed E-state index contributed by atoms with van der Waals surface area (Å²) in [7, 11) is 0. The molecule has 0 aliphatic rings. The van der Waals surface area contributed by atoms with Crippen LogP contribution in [-0.2, 0) is 28.6 Å². The van der Waals surface area contributed by atoms with Gasteiger partial charge in [-0.1, -0.05) is 226 Å². The minimum absolute atomic E-state index is 0.0925. The van der Waals surface area contributed by atoms with Gasteiger partial charge >= 0.3 is 17.9 Å². The van der Waals surface area contributed by atoms with E-state index in [-0.39, 0.29) is 31.1 Å². The third-order valence-corrected chi connectivity index (χ3v) is 11.5. The maximum absolute atomic E-state index is 12.8. The Hall–Kier alpha value is -3.93. The van der Waals surface area contributed by atoms with E-state index in [2.05, 4.69) is 130 Å². The van der Waals surface area contributed by atoms with Gasteiger partial charge in [-0.3, -0.25) is 14.4 Å². The first-order chi connectivity index (χ1) is 33.5. The molecular weight excluding hydrogens is 841 g/mol. The van der Waals surface area contributed by atoms with E-state index in [1.165, 1.54) is 70.6 Å².